The van der Waals surface area contributed by atoms with Crippen LogP contribution < -0.4 is 10.1 Å². The molecule has 2 aliphatic rings. The van der Waals surface area contributed by atoms with Crippen molar-refractivity contribution in [2.45, 2.75) is 46.5 Å². The van der Waals surface area contributed by atoms with Crippen LogP contribution in [0.5, 0.6) is 5.75 Å². The van der Waals surface area contributed by atoms with Crippen LogP contribution in [0.25, 0.3) is 0 Å². The number of aromatic nitrogens is 1. The second-order valence-electron chi connectivity index (χ2n) is 9.44. The van der Waals surface area contributed by atoms with Crippen LogP contribution in [0.2, 0.25) is 0 Å². The van der Waals surface area contributed by atoms with Crippen LogP contribution in [0.1, 0.15) is 50.8 Å². The molecule has 1 aromatic heterocycles. The number of aliphatic imine (C=N–C) groups is 1. The summed E-state index contributed by atoms with van der Waals surface area (Å²) in [5.74, 6) is 0.0722. The average Bonchev–Trinajstić information content (AvgIpc) is 2.71. The first-order valence-electron chi connectivity index (χ1n) is 10.9. The number of ether oxygens (including phenoxy) is 1. The zero-order chi connectivity index (χ0) is 23.0. The van der Waals surface area contributed by atoms with E-state index in [1.165, 1.54) is 0 Å². The highest BCUT2D eigenvalue weighted by atomic mass is 16.5. The Labute approximate surface area is 188 Å². The van der Waals surface area contributed by atoms with Crippen LogP contribution >= 0.6 is 0 Å². The molecule has 0 saturated heterocycles. The van der Waals surface area contributed by atoms with Crippen molar-refractivity contribution < 1.29 is 14.3 Å². The Morgan fingerprint density at radius 2 is 1.81 bits per heavy atom. The van der Waals surface area contributed by atoms with Gasteiger partial charge in [0.1, 0.15) is 11.6 Å². The molecule has 1 aromatic carbocycles. The lowest BCUT2D eigenvalue weighted by molar-refractivity contribution is -0.119. The van der Waals surface area contributed by atoms with E-state index in [0.29, 0.717) is 29.9 Å². The van der Waals surface area contributed by atoms with Crippen LogP contribution in [0, 0.1) is 18.3 Å². The molecule has 1 aliphatic heterocycles. The summed E-state index contributed by atoms with van der Waals surface area (Å²) in [6.07, 6.45) is 1.16. The van der Waals surface area contributed by atoms with Crippen molar-refractivity contribution in [1.29, 1.82) is 0 Å². The molecule has 32 heavy (non-hydrogen) atoms. The van der Waals surface area contributed by atoms with Crippen molar-refractivity contribution in [3.63, 3.8) is 0 Å². The highest BCUT2D eigenvalue weighted by Gasteiger charge is 2.45. The quantitative estimate of drug-likeness (QED) is 0.750. The topological polar surface area (TPSA) is 80.6 Å². The molecule has 1 aliphatic carbocycles. The summed E-state index contributed by atoms with van der Waals surface area (Å²) in [6.45, 7) is 7.93. The van der Waals surface area contributed by atoms with Crippen molar-refractivity contribution in [3.8, 4) is 5.75 Å². The van der Waals surface area contributed by atoms with E-state index in [-0.39, 0.29) is 17.1 Å². The first-order chi connectivity index (χ1) is 15.2. The number of methoxy groups -OCH3 is 1. The molecule has 6 nitrogen and oxygen atoms in total. The number of hydrogen-bond acceptors (Lipinski definition) is 5. The van der Waals surface area contributed by atoms with Gasteiger partial charge in [-0.1, -0.05) is 32.0 Å². The van der Waals surface area contributed by atoms with Crippen molar-refractivity contribution in [2.75, 3.05) is 12.4 Å². The van der Waals surface area contributed by atoms with E-state index in [4.69, 9.17) is 9.73 Å². The summed E-state index contributed by atoms with van der Waals surface area (Å²) >= 11 is 0. The normalized spacial score (nSPS) is 22.2. The fourth-order valence-electron chi connectivity index (χ4n) is 4.77. The fourth-order valence-corrected chi connectivity index (χ4v) is 4.77. The molecule has 0 bridgehead atoms. The van der Waals surface area contributed by atoms with E-state index in [0.717, 1.165) is 22.7 Å². The van der Waals surface area contributed by atoms with Gasteiger partial charge in [-0.05, 0) is 55.5 Å². The highest BCUT2D eigenvalue weighted by molar-refractivity contribution is 6.13. The minimum Gasteiger partial charge on any atom is -0.497 e. The Bertz CT molecular complexity index is 1130. The number of Topliss-reactive ketones (excluding diaryl/α,β-unsaturated/α-hetero) is 1. The van der Waals surface area contributed by atoms with E-state index in [2.05, 4.69) is 24.1 Å². The number of benzene rings is 1. The number of amides is 1. The van der Waals surface area contributed by atoms with Gasteiger partial charge in [0.2, 0.25) is 5.91 Å². The minimum absolute atomic E-state index is 0.0693. The number of hydrogen-bond donors (Lipinski definition) is 1. The van der Waals surface area contributed by atoms with Crippen LogP contribution in [-0.4, -0.2) is 29.5 Å². The van der Waals surface area contributed by atoms with Crippen molar-refractivity contribution in [3.05, 3.63) is 65.0 Å². The number of anilines is 1. The zero-order valence-corrected chi connectivity index (χ0v) is 19.2. The first-order valence-corrected chi connectivity index (χ1v) is 10.9. The number of pyridine rings is 1. The SMILES string of the molecule is COc1ccc([C@H]2C3=C(CC(C)(C)CC3=O)N=C(C)C2C(=O)Nc2cccc(C)n2)cc1. The zero-order valence-electron chi connectivity index (χ0n) is 19.2. The molecular formula is C26H29N3O3. The molecule has 166 valence electrons. The van der Waals surface area contributed by atoms with Gasteiger partial charge in [-0.2, -0.15) is 0 Å². The molecule has 0 fully saturated rings. The summed E-state index contributed by atoms with van der Waals surface area (Å²) in [5.41, 5.74) is 3.75. The second-order valence-corrected chi connectivity index (χ2v) is 9.44. The van der Waals surface area contributed by atoms with E-state index in [9.17, 15) is 9.59 Å². The predicted octanol–water partition coefficient (Wildman–Crippen LogP) is 4.85. The summed E-state index contributed by atoms with van der Waals surface area (Å²) in [6, 6.07) is 13.1. The highest BCUT2D eigenvalue weighted by Crippen LogP contribution is 2.48. The van der Waals surface area contributed by atoms with Crippen LogP contribution in [0.4, 0.5) is 5.82 Å². The molecular weight excluding hydrogens is 402 g/mol. The Hall–Kier alpha value is -3.28. The molecule has 4 rings (SSSR count). The lowest BCUT2D eigenvalue weighted by atomic mass is 9.66. The van der Waals surface area contributed by atoms with E-state index in [1.54, 1.807) is 13.2 Å². The van der Waals surface area contributed by atoms with Crippen LogP contribution in [0.15, 0.2) is 58.7 Å². The summed E-state index contributed by atoms with van der Waals surface area (Å²) in [7, 11) is 1.62. The average molecular weight is 432 g/mol. The molecule has 2 atom stereocenters. The van der Waals surface area contributed by atoms with Crippen LogP contribution in [0.3, 0.4) is 0 Å². The minimum atomic E-state index is -0.602. The van der Waals surface area contributed by atoms with Crippen molar-refractivity contribution in [1.82, 2.24) is 4.98 Å². The van der Waals surface area contributed by atoms with Gasteiger partial charge < -0.3 is 10.1 Å². The van der Waals surface area contributed by atoms with E-state index < -0.39 is 11.8 Å². The number of carbonyl (C=O) groups excluding carboxylic acids is 2. The molecule has 1 unspecified atom stereocenters. The number of nitrogens with zero attached hydrogens (tertiary/aromatic N) is 2. The number of aryl methyl sites for hydroxylation is 1. The van der Waals surface area contributed by atoms with Gasteiger partial charge in [-0.3, -0.25) is 14.6 Å². The van der Waals surface area contributed by atoms with Gasteiger partial charge in [-0.15, -0.1) is 0 Å². The lowest BCUT2D eigenvalue weighted by Crippen LogP contribution is -2.41. The molecule has 6 heteroatoms. The van der Waals surface area contributed by atoms with E-state index in [1.807, 2.05) is 50.2 Å². The number of carbonyl (C=O) groups is 2. The summed E-state index contributed by atoms with van der Waals surface area (Å²) in [5, 5.41) is 2.94. The summed E-state index contributed by atoms with van der Waals surface area (Å²) in [4.78, 5) is 36.0. The first kappa shape index (κ1) is 21.9. The third-order valence-electron chi connectivity index (χ3n) is 6.20. The number of ketones is 1. The second kappa shape index (κ2) is 8.34. The third-order valence-corrected chi connectivity index (χ3v) is 6.20. The van der Waals surface area contributed by atoms with Crippen molar-refractivity contribution in [2.24, 2.45) is 16.3 Å². The van der Waals surface area contributed by atoms with Gasteiger partial charge in [0.25, 0.3) is 0 Å². The standard InChI is InChI=1S/C26H29N3O3/c1-15-7-6-8-21(27-15)29-25(31)22-16(2)28-19-13-26(3,4)14-20(30)24(19)23(22)17-9-11-18(32-5)12-10-17/h6-12,22-23H,13-14H2,1-5H3,(H,27,29,31)/t22?,23-/m1/s1. The third kappa shape index (κ3) is 4.22. The van der Waals surface area contributed by atoms with Gasteiger partial charge in [0.05, 0.1) is 13.0 Å². The maximum Gasteiger partial charge on any atom is 0.235 e. The maximum atomic E-state index is 13.5. The van der Waals surface area contributed by atoms with Gasteiger partial charge in [0.15, 0.2) is 5.78 Å². The monoisotopic (exact) mass is 431 g/mol. The number of allylic oxidation sites excluding steroid dienone is 2. The fraction of sp³-hybridized carbons (Fsp3) is 0.385. The number of rotatable bonds is 4. The smallest absolute Gasteiger partial charge is 0.235 e. The Morgan fingerprint density at radius 1 is 1.09 bits per heavy atom. The largest absolute Gasteiger partial charge is 0.497 e. The van der Waals surface area contributed by atoms with Gasteiger partial charge in [-0.25, -0.2) is 4.98 Å². The molecule has 2 heterocycles. The molecule has 0 radical (unpaired) electrons. The van der Waals surface area contributed by atoms with Crippen LogP contribution in [-0.2, 0) is 9.59 Å². The maximum absolute atomic E-state index is 13.5. The molecule has 2 aromatic rings. The molecule has 0 saturated carbocycles. The predicted molar refractivity (Wildman–Crippen MR) is 125 cm³/mol. The van der Waals surface area contributed by atoms with Gasteiger partial charge in [0, 0.05) is 35.0 Å². The summed E-state index contributed by atoms with van der Waals surface area (Å²) < 4.78 is 5.31. The molecule has 1 N–H and O–H groups in total. The van der Waals surface area contributed by atoms with E-state index >= 15 is 0 Å². The lowest BCUT2D eigenvalue weighted by Gasteiger charge is -2.39. The Morgan fingerprint density at radius 3 is 2.47 bits per heavy atom. The van der Waals surface area contributed by atoms with Gasteiger partial charge >= 0.3 is 0 Å². The Balaban J connectivity index is 1.79. The Kier molecular flexibility index (Phi) is 5.71. The number of nitrogens with one attached hydrogen (secondary N) is 1. The molecule has 0 spiro atoms. The van der Waals surface area contributed by atoms with Crippen molar-refractivity contribution >= 4 is 23.2 Å². The molecule has 1 amide bonds.